The molecule has 0 saturated carbocycles. The highest BCUT2D eigenvalue weighted by atomic mass is 16.7. The zero-order valence-corrected chi connectivity index (χ0v) is 14.6. The lowest BCUT2D eigenvalue weighted by atomic mass is 10.2. The average molecular weight is 357 g/mol. The lowest BCUT2D eigenvalue weighted by molar-refractivity contribution is -0.117. The van der Waals surface area contributed by atoms with E-state index in [9.17, 15) is 10.1 Å². The van der Waals surface area contributed by atoms with E-state index in [-0.39, 0.29) is 18.3 Å². The van der Waals surface area contributed by atoms with Gasteiger partial charge in [-0.1, -0.05) is 6.07 Å². The van der Waals surface area contributed by atoms with Crippen molar-refractivity contribution in [3.8, 4) is 17.6 Å². The van der Waals surface area contributed by atoms with Crippen molar-refractivity contribution in [2.24, 2.45) is 5.73 Å². The number of nitrogens with one attached hydrogen (secondary N) is 1. The summed E-state index contributed by atoms with van der Waals surface area (Å²) < 4.78 is 10.6. The van der Waals surface area contributed by atoms with Crippen molar-refractivity contribution in [3.63, 3.8) is 0 Å². The third-order valence-electron chi connectivity index (χ3n) is 4.42. The maximum Gasteiger partial charge on any atom is 0.263 e. The summed E-state index contributed by atoms with van der Waals surface area (Å²) in [5.41, 5.74) is 6.56. The fourth-order valence-electron chi connectivity index (χ4n) is 2.95. The van der Waals surface area contributed by atoms with Crippen LogP contribution in [0.4, 0.5) is 0 Å². The first-order valence-corrected chi connectivity index (χ1v) is 8.64. The second kappa shape index (κ2) is 8.56. The topological polar surface area (TPSA) is 104 Å². The van der Waals surface area contributed by atoms with E-state index < -0.39 is 0 Å². The Labute approximate surface area is 152 Å². The Morgan fingerprint density at radius 2 is 2.04 bits per heavy atom. The molecule has 8 nitrogen and oxygen atoms in total. The molecule has 0 radical (unpaired) electrons. The first-order chi connectivity index (χ1) is 12.7. The van der Waals surface area contributed by atoms with Gasteiger partial charge >= 0.3 is 0 Å². The van der Waals surface area contributed by atoms with Gasteiger partial charge in [0.2, 0.25) is 6.79 Å². The first kappa shape index (κ1) is 18.0. The highest BCUT2D eigenvalue weighted by Gasteiger charge is 2.17. The van der Waals surface area contributed by atoms with Crippen LogP contribution in [0.2, 0.25) is 0 Å². The molecule has 0 spiro atoms. The number of nitrogens with two attached hydrogens (primary N) is 1. The molecule has 3 N–H and O–H groups in total. The van der Waals surface area contributed by atoms with Crippen LogP contribution in [0.15, 0.2) is 30.0 Å². The largest absolute Gasteiger partial charge is 0.454 e. The van der Waals surface area contributed by atoms with Crippen molar-refractivity contribution in [1.82, 2.24) is 15.1 Å². The normalized spacial score (nSPS) is 17.1. The number of hydrogen-bond acceptors (Lipinski definition) is 7. The van der Waals surface area contributed by atoms with Gasteiger partial charge in [-0.2, -0.15) is 5.26 Å². The summed E-state index contributed by atoms with van der Waals surface area (Å²) >= 11 is 0. The van der Waals surface area contributed by atoms with Gasteiger partial charge in [0, 0.05) is 52.0 Å². The molecule has 1 saturated heterocycles. The van der Waals surface area contributed by atoms with Crippen molar-refractivity contribution in [1.29, 1.82) is 5.26 Å². The van der Waals surface area contributed by atoms with Crippen LogP contribution >= 0.6 is 0 Å². The summed E-state index contributed by atoms with van der Waals surface area (Å²) in [6.45, 7) is 5.36. The van der Waals surface area contributed by atoms with E-state index in [0.717, 1.165) is 38.3 Å². The highest BCUT2D eigenvalue weighted by molar-refractivity contribution is 5.97. The van der Waals surface area contributed by atoms with Crippen molar-refractivity contribution in [2.75, 3.05) is 46.1 Å². The molecule has 0 aliphatic carbocycles. The summed E-state index contributed by atoms with van der Waals surface area (Å²) in [4.78, 5) is 16.6. The van der Waals surface area contributed by atoms with Gasteiger partial charge in [0.1, 0.15) is 11.6 Å². The third-order valence-corrected chi connectivity index (χ3v) is 4.42. The zero-order chi connectivity index (χ0) is 18.4. The van der Waals surface area contributed by atoms with Crippen LogP contribution < -0.4 is 20.5 Å². The van der Waals surface area contributed by atoms with Gasteiger partial charge < -0.3 is 25.4 Å². The van der Waals surface area contributed by atoms with Crippen LogP contribution in [0.5, 0.6) is 11.5 Å². The van der Waals surface area contributed by atoms with Gasteiger partial charge in [-0.3, -0.25) is 9.69 Å². The summed E-state index contributed by atoms with van der Waals surface area (Å²) in [5, 5.41) is 12.1. The SMILES string of the molecule is N#C/C(=C/N1CCN(CCN)CC1)C(=O)NCc1ccc2c(c1)OCO2. The van der Waals surface area contributed by atoms with E-state index in [4.69, 9.17) is 15.2 Å². The van der Waals surface area contributed by atoms with Crippen molar-refractivity contribution in [3.05, 3.63) is 35.5 Å². The van der Waals surface area contributed by atoms with Gasteiger partial charge in [0.25, 0.3) is 5.91 Å². The number of nitrogens with zero attached hydrogens (tertiary/aromatic N) is 3. The molecule has 1 aromatic rings. The monoisotopic (exact) mass is 357 g/mol. The number of rotatable bonds is 6. The summed E-state index contributed by atoms with van der Waals surface area (Å²) in [6.07, 6.45) is 1.65. The van der Waals surface area contributed by atoms with E-state index >= 15 is 0 Å². The fourth-order valence-corrected chi connectivity index (χ4v) is 2.95. The maximum absolute atomic E-state index is 12.3. The molecule has 0 bridgehead atoms. The number of fused-ring (bicyclic) bond motifs is 1. The second-order valence-electron chi connectivity index (χ2n) is 6.19. The number of hydrogen-bond donors (Lipinski definition) is 2. The number of piperazine rings is 1. The molecular formula is C18H23N5O3. The molecule has 0 aromatic heterocycles. The Balaban J connectivity index is 1.53. The molecule has 2 aliphatic heterocycles. The maximum atomic E-state index is 12.3. The Morgan fingerprint density at radius 1 is 1.27 bits per heavy atom. The Bertz CT molecular complexity index is 720. The van der Waals surface area contributed by atoms with Crippen LogP contribution in [0.3, 0.4) is 0 Å². The van der Waals surface area contributed by atoms with Crippen LogP contribution in [-0.2, 0) is 11.3 Å². The standard InChI is InChI=1S/C18H23N5O3/c19-3-4-22-5-7-23(8-6-22)12-15(10-20)18(24)21-11-14-1-2-16-17(9-14)26-13-25-16/h1-2,9,12H,3-8,11,13,19H2,(H,21,24)/b15-12-. The molecule has 1 fully saturated rings. The van der Waals surface area contributed by atoms with E-state index in [0.29, 0.717) is 24.6 Å². The van der Waals surface area contributed by atoms with Gasteiger partial charge in [0.15, 0.2) is 11.5 Å². The van der Waals surface area contributed by atoms with Gasteiger partial charge in [0.05, 0.1) is 0 Å². The summed E-state index contributed by atoms with van der Waals surface area (Å²) in [6, 6.07) is 7.49. The molecule has 1 aromatic carbocycles. The van der Waals surface area contributed by atoms with Crippen LogP contribution in [0.25, 0.3) is 0 Å². The van der Waals surface area contributed by atoms with Gasteiger partial charge in [-0.15, -0.1) is 0 Å². The Kier molecular flexibility index (Phi) is 5.94. The number of amides is 1. The molecule has 138 valence electrons. The van der Waals surface area contributed by atoms with Crippen LogP contribution in [0, 0.1) is 11.3 Å². The smallest absolute Gasteiger partial charge is 0.263 e. The van der Waals surface area contributed by atoms with Crippen molar-refractivity contribution >= 4 is 5.91 Å². The quantitative estimate of drug-likeness (QED) is 0.546. The lowest BCUT2D eigenvalue weighted by Gasteiger charge is -2.33. The Morgan fingerprint density at radius 3 is 2.77 bits per heavy atom. The number of ether oxygens (including phenoxy) is 2. The van der Waals surface area contributed by atoms with E-state index in [2.05, 4.69) is 10.2 Å². The minimum Gasteiger partial charge on any atom is -0.454 e. The lowest BCUT2D eigenvalue weighted by Crippen LogP contribution is -2.46. The predicted octanol–water partition coefficient (Wildman–Crippen LogP) is 0.0153. The fraction of sp³-hybridized carbons (Fsp3) is 0.444. The number of nitriles is 1. The number of carbonyl (C=O) groups is 1. The molecule has 2 aliphatic rings. The molecule has 2 heterocycles. The summed E-state index contributed by atoms with van der Waals surface area (Å²) in [5.74, 6) is 0.990. The Hall–Kier alpha value is -2.76. The average Bonchev–Trinajstić information content (AvgIpc) is 3.13. The minimum atomic E-state index is -0.380. The molecule has 0 atom stereocenters. The van der Waals surface area contributed by atoms with E-state index in [1.807, 2.05) is 29.2 Å². The van der Waals surface area contributed by atoms with E-state index in [1.165, 1.54) is 0 Å². The third kappa shape index (κ3) is 4.45. The number of benzene rings is 1. The second-order valence-corrected chi connectivity index (χ2v) is 6.19. The highest BCUT2D eigenvalue weighted by Crippen LogP contribution is 2.32. The van der Waals surface area contributed by atoms with E-state index in [1.54, 1.807) is 6.20 Å². The molecule has 26 heavy (non-hydrogen) atoms. The van der Waals surface area contributed by atoms with Crippen LogP contribution in [0.1, 0.15) is 5.56 Å². The zero-order valence-electron chi connectivity index (χ0n) is 14.6. The number of carbonyl (C=O) groups excluding carboxylic acids is 1. The molecule has 1 amide bonds. The van der Waals surface area contributed by atoms with Crippen molar-refractivity contribution in [2.45, 2.75) is 6.54 Å². The predicted molar refractivity (Wildman–Crippen MR) is 95.2 cm³/mol. The van der Waals surface area contributed by atoms with Gasteiger partial charge in [-0.05, 0) is 17.7 Å². The molecular weight excluding hydrogens is 334 g/mol. The van der Waals surface area contributed by atoms with Gasteiger partial charge in [-0.25, -0.2) is 0 Å². The molecule has 3 rings (SSSR count). The molecule has 8 heteroatoms. The first-order valence-electron chi connectivity index (χ1n) is 8.64. The molecule has 0 unspecified atom stereocenters. The summed E-state index contributed by atoms with van der Waals surface area (Å²) in [7, 11) is 0. The van der Waals surface area contributed by atoms with Crippen molar-refractivity contribution < 1.29 is 14.3 Å². The minimum absolute atomic E-state index is 0.109. The van der Waals surface area contributed by atoms with Crippen LogP contribution in [-0.4, -0.2) is 61.8 Å².